The van der Waals surface area contributed by atoms with Crippen molar-refractivity contribution in [3.8, 4) is 0 Å². The Morgan fingerprint density at radius 2 is 2.23 bits per heavy atom. The van der Waals surface area contributed by atoms with Crippen molar-refractivity contribution in [3.05, 3.63) is 0 Å². The van der Waals surface area contributed by atoms with E-state index in [0.29, 0.717) is 13.2 Å². The summed E-state index contributed by atoms with van der Waals surface area (Å²) in [6.07, 6.45) is 1.78. The Bertz CT molecular complexity index is 206. The molecule has 3 amide bonds. The number of rotatable bonds is 5. The summed E-state index contributed by atoms with van der Waals surface area (Å²) >= 11 is 0. The van der Waals surface area contributed by atoms with Crippen LogP contribution >= 0.6 is 0 Å². The molecule has 1 fully saturated rings. The molecule has 1 rings (SSSR count). The van der Waals surface area contributed by atoms with Gasteiger partial charge in [0.05, 0.1) is 0 Å². The average Bonchev–Trinajstić information content (AvgIpc) is 2.39. The Morgan fingerprint density at radius 1 is 1.46 bits per heavy atom. The lowest BCUT2D eigenvalue weighted by Gasteiger charge is -2.11. The highest BCUT2D eigenvalue weighted by Gasteiger charge is 2.25. The number of methoxy groups -OCH3 is 1. The number of carbonyl (C=O) groups is 2. The number of hydrogen-bond acceptors (Lipinski definition) is 3. The zero-order valence-electron chi connectivity index (χ0n) is 7.71. The van der Waals surface area contributed by atoms with Crippen LogP contribution in [0.2, 0.25) is 0 Å². The molecule has 1 aliphatic rings. The molecular formula is C8H14N2O3. The largest absolute Gasteiger partial charge is 0.385 e. The van der Waals surface area contributed by atoms with Crippen LogP contribution < -0.4 is 5.32 Å². The van der Waals surface area contributed by atoms with Gasteiger partial charge in [-0.3, -0.25) is 10.1 Å². The van der Waals surface area contributed by atoms with E-state index in [2.05, 4.69) is 5.32 Å². The van der Waals surface area contributed by atoms with Gasteiger partial charge in [-0.1, -0.05) is 0 Å². The average molecular weight is 186 g/mol. The number of ether oxygens (including phenoxy) is 1. The highest BCUT2D eigenvalue weighted by atomic mass is 16.5. The smallest absolute Gasteiger partial charge is 0.324 e. The first-order valence-electron chi connectivity index (χ1n) is 4.31. The summed E-state index contributed by atoms with van der Waals surface area (Å²) in [7, 11) is 1.64. The fourth-order valence-corrected chi connectivity index (χ4v) is 1.21. The first-order chi connectivity index (χ1) is 6.24. The fraction of sp³-hybridized carbons (Fsp3) is 0.750. The molecule has 0 aromatic heterocycles. The van der Waals surface area contributed by atoms with Gasteiger partial charge in [-0.05, 0) is 12.8 Å². The number of nitrogens with one attached hydrogen (secondary N) is 1. The predicted octanol–water partition coefficient (Wildman–Crippen LogP) is -0.0352. The number of urea groups is 1. The maximum Gasteiger partial charge on any atom is 0.324 e. The van der Waals surface area contributed by atoms with Crippen molar-refractivity contribution in [1.29, 1.82) is 0 Å². The van der Waals surface area contributed by atoms with E-state index in [1.165, 1.54) is 4.90 Å². The van der Waals surface area contributed by atoms with E-state index in [1.54, 1.807) is 7.11 Å². The second kappa shape index (κ2) is 4.81. The van der Waals surface area contributed by atoms with Gasteiger partial charge >= 0.3 is 6.03 Å². The van der Waals surface area contributed by atoms with Crippen molar-refractivity contribution in [2.75, 3.05) is 26.8 Å². The molecule has 0 saturated carbocycles. The van der Waals surface area contributed by atoms with Crippen LogP contribution in [0.1, 0.15) is 12.8 Å². The molecule has 1 aliphatic heterocycles. The van der Waals surface area contributed by atoms with Gasteiger partial charge in [0.2, 0.25) is 5.91 Å². The van der Waals surface area contributed by atoms with Gasteiger partial charge in [0.15, 0.2) is 0 Å². The van der Waals surface area contributed by atoms with Gasteiger partial charge in [0, 0.05) is 20.3 Å². The van der Waals surface area contributed by atoms with Gasteiger partial charge in [-0.25, -0.2) is 4.79 Å². The number of nitrogens with zero attached hydrogens (tertiary/aromatic N) is 1. The Morgan fingerprint density at radius 3 is 2.77 bits per heavy atom. The van der Waals surface area contributed by atoms with E-state index in [9.17, 15) is 9.59 Å². The van der Waals surface area contributed by atoms with Crippen LogP contribution in [0.4, 0.5) is 4.79 Å². The predicted molar refractivity (Wildman–Crippen MR) is 46.2 cm³/mol. The maximum absolute atomic E-state index is 11.0. The van der Waals surface area contributed by atoms with E-state index in [4.69, 9.17) is 4.74 Å². The van der Waals surface area contributed by atoms with Gasteiger partial charge < -0.3 is 9.64 Å². The number of amides is 3. The van der Waals surface area contributed by atoms with Crippen LogP contribution in [0.5, 0.6) is 0 Å². The zero-order valence-corrected chi connectivity index (χ0v) is 7.71. The lowest BCUT2D eigenvalue weighted by molar-refractivity contribution is -0.118. The molecule has 0 unspecified atom stereocenters. The first-order valence-corrected chi connectivity index (χ1v) is 4.31. The van der Waals surface area contributed by atoms with E-state index >= 15 is 0 Å². The summed E-state index contributed by atoms with van der Waals surface area (Å²) in [5.41, 5.74) is 0. The van der Waals surface area contributed by atoms with Crippen LogP contribution in [0.25, 0.3) is 0 Å². The van der Waals surface area contributed by atoms with E-state index in [1.807, 2.05) is 0 Å². The molecule has 5 heteroatoms. The van der Waals surface area contributed by atoms with E-state index in [0.717, 1.165) is 12.8 Å². The molecule has 5 nitrogen and oxygen atoms in total. The van der Waals surface area contributed by atoms with Gasteiger partial charge in [0.1, 0.15) is 6.54 Å². The third-order valence-electron chi connectivity index (χ3n) is 1.89. The quantitative estimate of drug-likeness (QED) is 0.484. The highest BCUT2D eigenvalue weighted by molar-refractivity contribution is 6.01. The van der Waals surface area contributed by atoms with E-state index in [-0.39, 0.29) is 18.5 Å². The number of imide groups is 1. The summed E-state index contributed by atoms with van der Waals surface area (Å²) < 4.78 is 4.87. The molecule has 0 radical (unpaired) electrons. The van der Waals surface area contributed by atoms with Gasteiger partial charge in [-0.2, -0.15) is 0 Å². The second-order valence-corrected chi connectivity index (χ2v) is 2.97. The van der Waals surface area contributed by atoms with Crippen LogP contribution in [0, 0.1) is 0 Å². The summed E-state index contributed by atoms with van der Waals surface area (Å²) in [5, 5.41) is 2.22. The molecular weight excluding hydrogens is 172 g/mol. The minimum Gasteiger partial charge on any atom is -0.385 e. The topological polar surface area (TPSA) is 58.6 Å². The molecule has 13 heavy (non-hydrogen) atoms. The lowest BCUT2D eigenvalue weighted by atomic mass is 10.3. The number of hydrogen-bond donors (Lipinski definition) is 1. The highest BCUT2D eigenvalue weighted by Crippen LogP contribution is 2.01. The molecule has 1 N–H and O–H groups in total. The van der Waals surface area contributed by atoms with Crippen LogP contribution in [-0.4, -0.2) is 43.6 Å². The Hall–Kier alpha value is -1.10. The molecule has 0 aromatic carbocycles. The van der Waals surface area contributed by atoms with E-state index < -0.39 is 0 Å². The summed E-state index contributed by atoms with van der Waals surface area (Å²) in [4.78, 5) is 23.3. The van der Waals surface area contributed by atoms with Crippen LogP contribution in [0.3, 0.4) is 0 Å². The van der Waals surface area contributed by atoms with Gasteiger partial charge in [-0.15, -0.1) is 0 Å². The van der Waals surface area contributed by atoms with Crippen molar-refractivity contribution in [2.24, 2.45) is 0 Å². The summed E-state index contributed by atoms with van der Waals surface area (Å²) in [6.45, 7) is 1.52. The summed E-state index contributed by atoms with van der Waals surface area (Å²) in [6, 6.07) is -0.276. The van der Waals surface area contributed by atoms with Gasteiger partial charge in [0.25, 0.3) is 0 Å². The lowest BCUT2D eigenvalue weighted by Crippen LogP contribution is -2.29. The first kappa shape index (κ1) is 9.98. The minimum absolute atomic E-state index is 0.200. The van der Waals surface area contributed by atoms with Crippen molar-refractivity contribution in [3.63, 3.8) is 0 Å². The third-order valence-corrected chi connectivity index (χ3v) is 1.89. The molecule has 1 heterocycles. The molecule has 74 valence electrons. The zero-order chi connectivity index (χ0) is 9.68. The summed E-state index contributed by atoms with van der Waals surface area (Å²) in [5.74, 6) is -0.211. The Balaban J connectivity index is 2.14. The molecule has 0 bridgehead atoms. The van der Waals surface area contributed by atoms with Crippen molar-refractivity contribution < 1.29 is 14.3 Å². The molecule has 0 atom stereocenters. The van der Waals surface area contributed by atoms with Crippen molar-refractivity contribution in [2.45, 2.75) is 12.8 Å². The Kier molecular flexibility index (Phi) is 3.70. The minimum atomic E-state index is -0.276. The molecule has 0 spiro atoms. The molecule has 0 aromatic rings. The van der Waals surface area contributed by atoms with Crippen LogP contribution in [0.15, 0.2) is 0 Å². The normalized spacial score (nSPS) is 16.5. The van der Waals surface area contributed by atoms with Crippen molar-refractivity contribution in [1.82, 2.24) is 10.2 Å². The maximum atomic E-state index is 11.0. The monoisotopic (exact) mass is 186 g/mol. The second-order valence-electron chi connectivity index (χ2n) is 2.97. The molecule has 1 saturated heterocycles. The van der Waals surface area contributed by atoms with Crippen LogP contribution in [-0.2, 0) is 9.53 Å². The molecule has 0 aliphatic carbocycles. The standard InChI is InChI=1S/C8H14N2O3/c1-13-5-3-2-4-10-6-7(11)9-8(10)12/h2-6H2,1H3,(H,9,11,12). The van der Waals surface area contributed by atoms with Crippen molar-refractivity contribution >= 4 is 11.9 Å². The fourth-order valence-electron chi connectivity index (χ4n) is 1.21. The SMILES string of the molecule is COCCCCN1CC(=O)NC1=O. The number of carbonyl (C=O) groups excluding carboxylic acids is 2. The number of unbranched alkanes of at least 4 members (excludes halogenated alkanes) is 1. The Labute approximate surface area is 77.0 Å². The third kappa shape index (κ3) is 3.02.